The number of nitriles is 1. The summed E-state index contributed by atoms with van der Waals surface area (Å²) in [4.78, 5) is 3.54. The van der Waals surface area contributed by atoms with Crippen LogP contribution in [0.4, 0.5) is 0 Å². The lowest BCUT2D eigenvalue weighted by molar-refractivity contribution is 1.37. The van der Waals surface area contributed by atoms with E-state index in [1.807, 2.05) is 0 Å². The van der Waals surface area contributed by atoms with Crippen LogP contribution in [0, 0.1) is 16.7 Å². The molecule has 0 heterocycles. The molecular weight excluding hydrogens is 235 g/mol. The first kappa shape index (κ1) is 11.5. The maximum absolute atomic E-state index is 8.81. The lowest BCUT2D eigenvalue weighted by Crippen LogP contribution is -2.10. The predicted octanol–water partition coefficient (Wildman–Crippen LogP) is 2.20. The fourth-order valence-corrected chi connectivity index (χ4v) is 1.34. The summed E-state index contributed by atoms with van der Waals surface area (Å²) < 4.78 is 0. The van der Waals surface area contributed by atoms with Crippen molar-refractivity contribution in [2.45, 2.75) is 0 Å². The molecule has 0 radical (unpaired) electrons. The highest BCUT2D eigenvalue weighted by Gasteiger charge is 2.10. The van der Waals surface area contributed by atoms with Gasteiger partial charge in [-0.25, -0.2) is 4.99 Å². The first-order valence-electron chi connectivity index (χ1n) is 3.83. The molecule has 15 heavy (non-hydrogen) atoms. The molecule has 0 unspecified atom stereocenters. The Morgan fingerprint density at radius 1 is 1.47 bits per heavy atom. The minimum absolute atomic E-state index is 0.0324. The number of nitrogens with one attached hydrogen (secondary N) is 1. The Morgan fingerprint density at radius 3 is 2.67 bits per heavy atom. The van der Waals surface area contributed by atoms with Gasteiger partial charge in [-0.1, -0.05) is 35.3 Å². The summed E-state index contributed by atoms with van der Waals surface area (Å²) in [6.45, 7) is 0. The molecule has 0 amide bonds. The van der Waals surface area contributed by atoms with Gasteiger partial charge in [-0.15, -0.1) is 0 Å². The minimum Gasteiger partial charge on any atom is -0.368 e. The zero-order valence-corrected chi connectivity index (χ0v) is 8.97. The molecule has 0 aromatic heterocycles. The number of nitrogens with two attached hydrogens (primary N) is 1. The highest BCUT2D eigenvalue weighted by molar-refractivity contribution is 6.44. The van der Waals surface area contributed by atoms with E-state index >= 15 is 0 Å². The molecule has 1 aromatic rings. The first-order chi connectivity index (χ1) is 7.06. The highest BCUT2D eigenvalue weighted by Crippen LogP contribution is 2.25. The fraction of sp³-hybridized carbons (Fsp3) is 0. The van der Waals surface area contributed by atoms with Crippen molar-refractivity contribution in [2.24, 2.45) is 10.7 Å². The van der Waals surface area contributed by atoms with Crippen LogP contribution in [0.15, 0.2) is 23.2 Å². The Hall–Kier alpha value is -1.57. The number of hydrogen-bond acceptors (Lipinski definition) is 2. The van der Waals surface area contributed by atoms with Crippen molar-refractivity contribution in [2.75, 3.05) is 0 Å². The number of nitrogens with zero attached hydrogens (tertiary/aromatic N) is 2. The van der Waals surface area contributed by atoms with Crippen LogP contribution in [0.3, 0.4) is 0 Å². The third kappa shape index (κ3) is 2.69. The second kappa shape index (κ2) is 4.78. The average molecular weight is 241 g/mol. The Labute approximate surface area is 96.4 Å². The Morgan fingerprint density at radius 2 is 2.13 bits per heavy atom. The van der Waals surface area contributed by atoms with Gasteiger partial charge in [0.15, 0.2) is 5.71 Å². The number of halogens is 2. The summed E-state index contributed by atoms with van der Waals surface area (Å²) in [5, 5.41) is 16.3. The summed E-state index contributed by atoms with van der Waals surface area (Å²) in [5.74, 6) is -0.456. The van der Waals surface area contributed by atoms with Crippen molar-refractivity contribution in [1.29, 1.82) is 10.7 Å². The monoisotopic (exact) mass is 240 g/mol. The number of rotatable bonds is 1. The lowest BCUT2D eigenvalue weighted by atomic mass is 10.1. The molecule has 0 spiro atoms. The molecule has 4 nitrogen and oxygen atoms in total. The van der Waals surface area contributed by atoms with Crippen molar-refractivity contribution in [3.05, 3.63) is 33.8 Å². The van der Waals surface area contributed by atoms with E-state index in [-0.39, 0.29) is 10.7 Å². The zero-order chi connectivity index (χ0) is 11.4. The quantitative estimate of drug-likeness (QED) is 0.583. The van der Waals surface area contributed by atoms with E-state index in [0.29, 0.717) is 10.6 Å². The van der Waals surface area contributed by atoms with E-state index in [2.05, 4.69) is 4.99 Å². The van der Waals surface area contributed by atoms with Gasteiger partial charge < -0.3 is 5.73 Å². The predicted molar refractivity (Wildman–Crippen MR) is 60.5 cm³/mol. The third-order valence-corrected chi connectivity index (χ3v) is 2.36. The van der Waals surface area contributed by atoms with E-state index in [0.717, 1.165) is 0 Å². The van der Waals surface area contributed by atoms with E-state index in [9.17, 15) is 0 Å². The van der Waals surface area contributed by atoms with Crippen LogP contribution in [0.5, 0.6) is 0 Å². The highest BCUT2D eigenvalue weighted by atomic mass is 35.5. The molecule has 0 atom stereocenters. The van der Waals surface area contributed by atoms with Gasteiger partial charge in [-0.05, 0) is 6.07 Å². The van der Waals surface area contributed by atoms with Gasteiger partial charge in [0.1, 0.15) is 6.07 Å². The van der Waals surface area contributed by atoms with Crippen LogP contribution in [-0.4, -0.2) is 11.7 Å². The van der Waals surface area contributed by atoms with Crippen LogP contribution in [0.1, 0.15) is 5.56 Å². The molecule has 0 bridgehead atoms. The molecule has 0 fully saturated rings. The maximum atomic E-state index is 8.81. The van der Waals surface area contributed by atoms with Crippen LogP contribution in [0.2, 0.25) is 10.0 Å². The van der Waals surface area contributed by atoms with Crippen molar-refractivity contribution in [3.8, 4) is 6.07 Å². The Balaban J connectivity index is 3.33. The number of aliphatic imine (C=N–C) groups is 1. The van der Waals surface area contributed by atoms with Gasteiger partial charge in [0, 0.05) is 5.56 Å². The SMILES string of the molecule is N#CC(=NC(=N)N)c1cccc(Cl)c1Cl. The van der Waals surface area contributed by atoms with Crippen LogP contribution in [0.25, 0.3) is 0 Å². The van der Waals surface area contributed by atoms with Crippen molar-refractivity contribution >= 4 is 34.9 Å². The van der Waals surface area contributed by atoms with E-state index in [4.69, 9.17) is 39.6 Å². The summed E-state index contributed by atoms with van der Waals surface area (Å²) >= 11 is 11.6. The first-order valence-corrected chi connectivity index (χ1v) is 4.59. The summed E-state index contributed by atoms with van der Waals surface area (Å²) in [5.41, 5.74) is 5.39. The number of guanidine groups is 1. The van der Waals surface area contributed by atoms with Gasteiger partial charge in [-0.2, -0.15) is 5.26 Å². The third-order valence-electron chi connectivity index (χ3n) is 1.54. The molecule has 0 saturated heterocycles. The summed E-state index contributed by atoms with van der Waals surface area (Å²) in [6.07, 6.45) is 0. The summed E-state index contributed by atoms with van der Waals surface area (Å²) in [7, 11) is 0. The van der Waals surface area contributed by atoms with Gasteiger partial charge in [0.25, 0.3) is 0 Å². The maximum Gasteiger partial charge on any atom is 0.213 e. The van der Waals surface area contributed by atoms with E-state index in [1.165, 1.54) is 0 Å². The van der Waals surface area contributed by atoms with Crippen molar-refractivity contribution in [1.82, 2.24) is 0 Å². The van der Waals surface area contributed by atoms with Gasteiger partial charge >= 0.3 is 0 Å². The smallest absolute Gasteiger partial charge is 0.213 e. The molecule has 1 aromatic carbocycles. The van der Waals surface area contributed by atoms with Crippen molar-refractivity contribution < 1.29 is 0 Å². The molecule has 76 valence electrons. The lowest BCUT2D eigenvalue weighted by Gasteiger charge is -2.02. The van der Waals surface area contributed by atoms with E-state index < -0.39 is 5.96 Å². The van der Waals surface area contributed by atoms with Crippen LogP contribution in [-0.2, 0) is 0 Å². The Kier molecular flexibility index (Phi) is 3.67. The zero-order valence-electron chi connectivity index (χ0n) is 7.46. The van der Waals surface area contributed by atoms with Gasteiger partial charge in [0.05, 0.1) is 10.0 Å². The van der Waals surface area contributed by atoms with Crippen molar-refractivity contribution in [3.63, 3.8) is 0 Å². The molecule has 0 saturated carbocycles. The molecule has 0 aliphatic heterocycles. The molecule has 0 aliphatic rings. The molecule has 6 heteroatoms. The number of benzene rings is 1. The van der Waals surface area contributed by atoms with Gasteiger partial charge in [-0.3, -0.25) is 5.41 Å². The van der Waals surface area contributed by atoms with Gasteiger partial charge in [0.2, 0.25) is 5.96 Å². The largest absolute Gasteiger partial charge is 0.368 e. The Bertz CT molecular complexity index is 473. The molecule has 3 N–H and O–H groups in total. The average Bonchev–Trinajstić information content (AvgIpc) is 2.19. The standard InChI is InChI=1S/C9H6Cl2N4/c10-6-3-1-2-5(8(6)11)7(4-12)15-9(13)14/h1-3H,(H3,13,14). The topological polar surface area (TPSA) is 86.0 Å². The fourth-order valence-electron chi connectivity index (χ4n) is 0.953. The molecule has 0 aliphatic carbocycles. The second-order valence-corrected chi connectivity index (χ2v) is 3.34. The van der Waals surface area contributed by atoms with Crippen LogP contribution >= 0.6 is 23.2 Å². The number of hydrogen-bond donors (Lipinski definition) is 2. The normalized spacial score (nSPS) is 10.9. The second-order valence-electron chi connectivity index (χ2n) is 2.56. The minimum atomic E-state index is -0.456. The van der Waals surface area contributed by atoms with E-state index in [1.54, 1.807) is 24.3 Å². The molecular formula is C9H6Cl2N4. The molecule has 1 rings (SSSR count). The summed E-state index contributed by atoms with van der Waals surface area (Å²) in [6, 6.07) is 6.62. The van der Waals surface area contributed by atoms with Crippen LogP contribution < -0.4 is 5.73 Å².